The molecule has 1 aromatic rings. The molecule has 0 aliphatic heterocycles. The van der Waals surface area contributed by atoms with Crippen molar-refractivity contribution in [2.24, 2.45) is 4.99 Å². The van der Waals surface area contributed by atoms with Gasteiger partial charge in [-0.2, -0.15) is 0 Å². The third-order valence-electron chi connectivity index (χ3n) is 3.19. The molecule has 1 aromatic carbocycles. The number of hydrogen-bond acceptors (Lipinski definition) is 5. The van der Waals surface area contributed by atoms with Crippen LogP contribution in [0.3, 0.4) is 0 Å². The zero-order valence-electron chi connectivity index (χ0n) is 12.7. The summed E-state index contributed by atoms with van der Waals surface area (Å²) >= 11 is 0. The Bertz CT molecular complexity index is 610. The molecule has 116 valence electrons. The molecule has 0 saturated heterocycles. The van der Waals surface area contributed by atoms with Gasteiger partial charge in [0, 0.05) is 6.21 Å². The molecule has 1 N–H and O–H groups in total. The van der Waals surface area contributed by atoms with Crippen LogP contribution in [-0.2, 0) is 9.53 Å². The van der Waals surface area contributed by atoms with Crippen molar-refractivity contribution in [1.29, 1.82) is 0 Å². The number of aliphatic hydroxyl groups is 1. The minimum Gasteiger partial charge on any atom is -0.507 e. The Kier molecular flexibility index (Phi) is 5.36. The molecule has 0 radical (unpaired) electrons. The van der Waals surface area contributed by atoms with Crippen molar-refractivity contribution in [3.63, 3.8) is 0 Å². The fourth-order valence-electron chi connectivity index (χ4n) is 1.72. The SMILES string of the molecule is COC(=O)C(C=NC1CC1)=C(O)C=Cc1ccc(OC)cc1. The Morgan fingerprint density at radius 2 is 1.95 bits per heavy atom. The second kappa shape index (κ2) is 7.45. The predicted octanol–water partition coefficient (Wildman–Crippen LogP) is 2.93. The van der Waals surface area contributed by atoms with Crippen LogP contribution in [0.25, 0.3) is 6.08 Å². The number of carbonyl (C=O) groups excluding carboxylic acids is 1. The number of nitrogens with zero attached hydrogens (tertiary/aromatic N) is 1. The maximum atomic E-state index is 11.7. The third kappa shape index (κ3) is 4.48. The van der Waals surface area contributed by atoms with Crippen LogP contribution < -0.4 is 4.74 Å². The molecule has 5 heteroatoms. The van der Waals surface area contributed by atoms with Crippen molar-refractivity contribution >= 4 is 18.3 Å². The van der Waals surface area contributed by atoms with Gasteiger partial charge in [0.1, 0.15) is 17.1 Å². The number of aliphatic hydroxyl groups excluding tert-OH is 1. The Morgan fingerprint density at radius 3 is 2.50 bits per heavy atom. The van der Waals surface area contributed by atoms with Gasteiger partial charge in [-0.25, -0.2) is 4.79 Å². The second-order valence-electron chi connectivity index (χ2n) is 4.91. The molecule has 0 heterocycles. The Labute approximate surface area is 129 Å². The van der Waals surface area contributed by atoms with E-state index >= 15 is 0 Å². The normalized spacial score (nSPS) is 15.9. The summed E-state index contributed by atoms with van der Waals surface area (Å²) in [6.45, 7) is 0. The van der Waals surface area contributed by atoms with Crippen molar-refractivity contribution in [3.8, 4) is 5.75 Å². The highest BCUT2D eigenvalue weighted by Crippen LogP contribution is 2.23. The van der Waals surface area contributed by atoms with Gasteiger partial charge < -0.3 is 14.6 Å². The maximum Gasteiger partial charge on any atom is 0.343 e. The van der Waals surface area contributed by atoms with Crippen molar-refractivity contribution in [2.75, 3.05) is 14.2 Å². The van der Waals surface area contributed by atoms with E-state index in [1.54, 1.807) is 13.2 Å². The van der Waals surface area contributed by atoms with Gasteiger partial charge in [-0.05, 0) is 36.6 Å². The molecule has 0 amide bonds. The van der Waals surface area contributed by atoms with Crippen LogP contribution in [0, 0.1) is 0 Å². The van der Waals surface area contributed by atoms with Crippen LogP contribution in [0.1, 0.15) is 18.4 Å². The summed E-state index contributed by atoms with van der Waals surface area (Å²) in [6, 6.07) is 7.59. The molecular formula is C17H19NO4. The van der Waals surface area contributed by atoms with Crippen LogP contribution in [0.5, 0.6) is 5.75 Å². The molecule has 0 unspecified atom stereocenters. The summed E-state index contributed by atoms with van der Waals surface area (Å²) in [5.74, 6) is -0.0305. The Hall–Kier alpha value is -2.56. The topological polar surface area (TPSA) is 68.1 Å². The number of benzene rings is 1. The molecule has 1 saturated carbocycles. The molecule has 1 aliphatic rings. The smallest absolute Gasteiger partial charge is 0.343 e. The summed E-state index contributed by atoms with van der Waals surface area (Å²) in [6.07, 6.45) is 6.58. The number of allylic oxidation sites excluding steroid dienone is 1. The summed E-state index contributed by atoms with van der Waals surface area (Å²) in [5, 5.41) is 10.1. The van der Waals surface area contributed by atoms with E-state index in [0.29, 0.717) is 0 Å². The minimum atomic E-state index is -0.610. The van der Waals surface area contributed by atoms with E-state index in [0.717, 1.165) is 24.2 Å². The second-order valence-corrected chi connectivity index (χ2v) is 4.91. The average molecular weight is 301 g/mol. The van der Waals surface area contributed by atoms with Crippen LogP contribution in [0.2, 0.25) is 0 Å². The number of rotatable bonds is 6. The maximum absolute atomic E-state index is 11.7. The van der Waals surface area contributed by atoms with Crippen LogP contribution in [-0.4, -0.2) is 37.6 Å². The highest BCUT2D eigenvalue weighted by Gasteiger charge is 2.20. The number of methoxy groups -OCH3 is 2. The van der Waals surface area contributed by atoms with Crippen LogP contribution in [0.15, 0.2) is 46.7 Å². The highest BCUT2D eigenvalue weighted by atomic mass is 16.5. The van der Waals surface area contributed by atoms with E-state index in [-0.39, 0.29) is 17.4 Å². The average Bonchev–Trinajstić information content (AvgIpc) is 3.37. The van der Waals surface area contributed by atoms with Gasteiger partial charge in [0.25, 0.3) is 0 Å². The number of ether oxygens (including phenoxy) is 2. The van der Waals surface area contributed by atoms with E-state index in [1.807, 2.05) is 24.3 Å². The number of carbonyl (C=O) groups is 1. The third-order valence-corrected chi connectivity index (χ3v) is 3.19. The molecule has 2 rings (SSSR count). The van der Waals surface area contributed by atoms with Gasteiger partial charge in [-0.1, -0.05) is 18.2 Å². The monoisotopic (exact) mass is 301 g/mol. The summed E-state index contributed by atoms with van der Waals surface area (Å²) < 4.78 is 9.75. The lowest BCUT2D eigenvalue weighted by Crippen LogP contribution is -2.09. The summed E-state index contributed by atoms with van der Waals surface area (Å²) in [4.78, 5) is 15.9. The predicted molar refractivity (Wildman–Crippen MR) is 85.2 cm³/mol. The number of aliphatic imine (C=N–C) groups is 1. The number of hydrogen-bond donors (Lipinski definition) is 1. The number of esters is 1. The molecular weight excluding hydrogens is 282 g/mol. The first-order chi connectivity index (χ1) is 10.6. The molecule has 22 heavy (non-hydrogen) atoms. The summed E-state index contributed by atoms with van der Waals surface area (Å²) in [7, 11) is 2.87. The lowest BCUT2D eigenvalue weighted by atomic mass is 10.1. The molecule has 0 aromatic heterocycles. The van der Waals surface area contributed by atoms with Gasteiger partial charge >= 0.3 is 5.97 Å². The van der Waals surface area contributed by atoms with Crippen molar-refractivity contribution in [2.45, 2.75) is 18.9 Å². The van der Waals surface area contributed by atoms with Gasteiger partial charge in [0.2, 0.25) is 0 Å². The van der Waals surface area contributed by atoms with E-state index in [2.05, 4.69) is 9.73 Å². The van der Waals surface area contributed by atoms with Gasteiger partial charge in [0.05, 0.1) is 20.3 Å². The first-order valence-electron chi connectivity index (χ1n) is 7.01. The van der Waals surface area contributed by atoms with Crippen molar-refractivity contribution in [1.82, 2.24) is 0 Å². The molecule has 0 bridgehead atoms. The fraction of sp³-hybridized carbons (Fsp3) is 0.294. The zero-order valence-corrected chi connectivity index (χ0v) is 12.7. The van der Waals surface area contributed by atoms with E-state index in [1.165, 1.54) is 19.4 Å². The van der Waals surface area contributed by atoms with E-state index < -0.39 is 5.97 Å². The van der Waals surface area contributed by atoms with Crippen molar-refractivity contribution < 1.29 is 19.4 Å². The molecule has 5 nitrogen and oxygen atoms in total. The van der Waals surface area contributed by atoms with E-state index in [4.69, 9.17) is 4.74 Å². The van der Waals surface area contributed by atoms with Gasteiger partial charge in [-0.15, -0.1) is 0 Å². The lowest BCUT2D eigenvalue weighted by Gasteiger charge is -2.02. The standard InChI is InChI=1S/C17H19NO4/c1-21-14-8-3-12(4-9-14)5-10-16(19)15(17(20)22-2)11-18-13-6-7-13/h3-5,8-11,13,19H,6-7H2,1-2H3. The Morgan fingerprint density at radius 1 is 1.27 bits per heavy atom. The van der Waals surface area contributed by atoms with Gasteiger partial charge in [0.15, 0.2) is 0 Å². The van der Waals surface area contributed by atoms with Crippen LogP contribution in [0.4, 0.5) is 0 Å². The van der Waals surface area contributed by atoms with E-state index in [9.17, 15) is 9.90 Å². The lowest BCUT2D eigenvalue weighted by molar-refractivity contribution is -0.135. The largest absolute Gasteiger partial charge is 0.507 e. The highest BCUT2D eigenvalue weighted by molar-refractivity contribution is 6.10. The van der Waals surface area contributed by atoms with Gasteiger partial charge in [-0.3, -0.25) is 4.99 Å². The molecule has 1 fully saturated rings. The Balaban J connectivity index is 2.17. The zero-order chi connectivity index (χ0) is 15.9. The molecule has 1 aliphatic carbocycles. The molecule has 0 atom stereocenters. The fourth-order valence-corrected chi connectivity index (χ4v) is 1.72. The minimum absolute atomic E-state index is 0.0548. The molecule has 0 spiro atoms. The first-order valence-corrected chi connectivity index (χ1v) is 7.01. The van der Waals surface area contributed by atoms with Crippen LogP contribution >= 0.6 is 0 Å². The first kappa shape index (κ1) is 15.8. The quantitative estimate of drug-likeness (QED) is 0.288. The van der Waals surface area contributed by atoms with Crippen molar-refractivity contribution in [3.05, 3.63) is 47.2 Å². The summed E-state index contributed by atoms with van der Waals surface area (Å²) in [5.41, 5.74) is 0.926.